The highest BCUT2D eigenvalue weighted by Crippen LogP contribution is 2.71. The molecule has 0 amide bonds. The fourth-order valence-corrected chi connectivity index (χ4v) is 25.6. The second-order valence-corrected chi connectivity index (χ2v) is 38.6. The number of fused-ring (bicyclic) bond motifs is 34. The van der Waals surface area contributed by atoms with Crippen molar-refractivity contribution < 1.29 is 0 Å². The first kappa shape index (κ1) is 82.3. The zero-order valence-corrected chi connectivity index (χ0v) is 78.8. The Morgan fingerprint density at radius 1 is 0.118 bits per heavy atom. The van der Waals surface area contributed by atoms with Crippen LogP contribution in [-0.4, -0.2) is 0 Å². The molecule has 4 aliphatic rings. The van der Waals surface area contributed by atoms with E-state index in [2.05, 4.69) is 566 Å². The first-order chi connectivity index (χ1) is 71.5. The zero-order valence-electron chi connectivity index (χ0n) is 78.8. The molecule has 144 heavy (non-hydrogen) atoms. The number of para-hydroxylation sites is 6. The Hall–Kier alpha value is -18.7. The Bertz CT molecular complexity index is 9420. The van der Waals surface area contributed by atoms with Crippen molar-refractivity contribution in [2.45, 2.75) is 10.8 Å². The average Bonchev–Trinajstić information content (AvgIpc) is 1.49. The number of rotatable bonds is 16. The maximum absolute atomic E-state index is 2.62. The summed E-state index contributed by atoms with van der Waals surface area (Å²) in [4.78, 5) is 10.0. The van der Waals surface area contributed by atoms with Gasteiger partial charge in [-0.1, -0.05) is 419 Å². The first-order valence-corrected chi connectivity index (χ1v) is 50.0. The molecule has 0 aromatic heterocycles. The molecule has 0 saturated carbocycles. The average molecular weight is 1830 g/mol. The zero-order chi connectivity index (χ0) is 94.7. The summed E-state index contributed by atoms with van der Waals surface area (Å²) in [5.74, 6) is 0. The molecule has 4 aliphatic carbocycles. The van der Waals surface area contributed by atoms with Gasteiger partial charge in [0.1, 0.15) is 0 Å². The van der Waals surface area contributed by atoms with Crippen LogP contribution in [0.5, 0.6) is 0 Å². The van der Waals surface area contributed by atoms with Crippen LogP contribution in [0.15, 0.2) is 546 Å². The summed E-state index contributed by atoms with van der Waals surface area (Å²) < 4.78 is 0. The minimum atomic E-state index is -0.794. The first-order valence-electron chi connectivity index (χ1n) is 50.0. The third-order valence-electron chi connectivity index (χ3n) is 31.3. The van der Waals surface area contributed by atoms with E-state index >= 15 is 0 Å². The van der Waals surface area contributed by atoms with Crippen LogP contribution >= 0.6 is 0 Å². The van der Waals surface area contributed by atoms with Gasteiger partial charge in [-0.15, -0.1) is 0 Å². The lowest BCUT2D eigenvalue weighted by Crippen LogP contribution is -2.26. The molecule has 0 heterocycles. The van der Waals surface area contributed by atoms with E-state index in [1.807, 2.05) is 0 Å². The van der Waals surface area contributed by atoms with Crippen LogP contribution in [0.4, 0.5) is 68.2 Å². The number of hydrogen-bond donors (Lipinski definition) is 0. The van der Waals surface area contributed by atoms with Crippen molar-refractivity contribution in [3.63, 3.8) is 0 Å². The van der Waals surface area contributed by atoms with Gasteiger partial charge in [-0.3, -0.25) is 0 Å². The largest absolute Gasteiger partial charge is 0.310 e. The van der Waals surface area contributed by atoms with Gasteiger partial charge in [0.05, 0.1) is 33.6 Å². The van der Waals surface area contributed by atoms with Crippen LogP contribution in [0.25, 0.3) is 154 Å². The van der Waals surface area contributed by atoms with Gasteiger partial charge in [0.25, 0.3) is 0 Å². The van der Waals surface area contributed by atoms with Gasteiger partial charge in [0.15, 0.2) is 0 Å². The molecular formula is C140H90N4. The molecule has 0 atom stereocenters. The monoisotopic (exact) mass is 1830 g/mol. The number of anilines is 12. The molecule has 670 valence electrons. The summed E-state index contributed by atoms with van der Waals surface area (Å²) in [7, 11) is 0. The van der Waals surface area contributed by atoms with Crippen LogP contribution in [0, 0.1) is 0 Å². The third-order valence-corrected chi connectivity index (χ3v) is 31.3. The maximum Gasteiger partial charge on any atom is 0.0732 e. The fourth-order valence-electron chi connectivity index (χ4n) is 25.6. The molecule has 0 bridgehead atoms. The molecule has 0 saturated heterocycles. The Morgan fingerprint density at radius 2 is 0.389 bits per heavy atom. The second-order valence-electron chi connectivity index (χ2n) is 38.6. The summed E-state index contributed by atoms with van der Waals surface area (Å²) in [5, 5.41) is 14.4. The summed E-state index contributed by atoms with van der Waals surface area (Å²) in [6.07, 6.45) is 0. The summed E-state index contributed by atoms with van der Waals surface area (Å²) in [6, 6.07) is 205. The van der Waals surface area contributed by atoms with Crippen LogP contribution in [-0.2, 0) is 10.8 Å². The quantitative estimate of drug-likeness (QED) is 0.0894. The van der Waals surface area contributed by atoms with E-state index in [1.165, 1.54) is 148 Å². The van der Waals surface area contributed by atoms with E-state index in [0.717, 1.165) is 118 Å². The van der Waals surface area contributed by atoms with Crippen LogP contribution in [0.2, 0.25) is 0 Å². The van der Waals surface area contributed by atoms with Gasteiger partial charge >= 0.3 is 0 Å². The molecule has 0 radical (unpaired) electrons. The van der Waals surface area contributed by atoms with E-state index < -0.39 is 10.8 Å². The fraction of sp³-hybridized carbons (Fsp3) is 0.0143. The molecule has 0 unspecified atom stereocenters. The number of nitrogens with zero attached hydrogens (tertiary/aromatic N) is 4. The molecule has 4 heteroatoms. The Labute approximate surface area is 836 Å². The van der Waals surface area contributed by atoms with Crippen molar-refractivity contribution in [1.29, 1.82) is 0 Å². The van der Waals surface area contributed by atoms with E-state index in [1.54, 1.807) is 0 Å². The highest BCUT2D eigenvalue weighted by molar-refractivity contribution is 6.27. The van der Waals surface area contributed by atoms with Crippen LogP contribution in [0.1, 0.15) is 44.5 Å². The SMILES string of the molecule is c1ccc(-c2cccc(N(c3cccc(-c4cccc(-c5ccccc5N(c5ccccc5)c5cc6c(c7ccccc57)-c5c(c7ccc(N(c8ccccc8)c8ccccc8-c8ccccc8)cc7c7ccccc57)C65c6ccccc6-c6ccccc65)c4)c3)c3ccc4c5c(c6ccccc6c4c3)-c3c(cc(N(c4ccccc4)c4ccccc4)c4ccccc34)C53c4ccccc4-c4ccccc43)c2)cc1. The molecule has 25 aromatic rings. The normalized spacial score (nSPS) is 12.8. The van der Waals surface area contributed by atoms with Crippen molar-refractivity contribution in [2.24, 2.45) is 0 Å². The maximum atomic E-state index is 2.62. The highest BCUT2D eigenvalue weighted by atomic mass is 15.2. The molecule has 0 fully saturated rings. The molecule has 2 spiro atoms. The second kappa shape index (κ2) is 33.0. The highest BCUT2D eigenvalue weighted by Gasteiger charge is 2.56. The number of benzene rings is 25. The molecule has 29 rings (SSSR count). The Balaban J connectivity index is 0.605. The number of hydrogen-bond acceptors (Lipinski definition) is 4. The minimum Gasteiger partial charge on any atom is -0.310 e. The third kappa shape index (κ3) is 12.3. The van der Waals surface area contributed by atoms with Gasteiger partial charge in [-0.2, -0.15) is 0 Å². The Kier molecular flexibility index (Phi) is 18.9. The molecule has 4 nitrogen and oxygen atoms in total. The molecule has 25 aromatic carbocycles. The predicted octanol–water partition coefficient (Wildman–Crippen LogP) is 37.8. The predicted molar refractivity (Wildman–Crippen MR) is 605 cm³/mol. The van der Waals surface area contributed by atoms with E-state index in [9.17, 15) is 0 Å². The summed E-state index contributed by atoms with van der Waals surface area (Å²) in [6.45, 7) is 0. The summed E-state index contributed by atoms with van der Waals surface area (Å²) >= 11 is 0. The van der Waals surface area contributed by atoms with Crippen molar-refractivity contribution in [2.75, 3.05) is 19.6 Å². The van der Waals surface area contributed by atoms with Gasteiger partial charge in [-0.25, -0.2) is 0 Å². The van der Waals surface area contributed by atoms with Crippen LogP contribution in [0.3, 0.4) is 0 Å². The van der Waals surface area contributed by atoms with Crippen molar-refractivity contribution in [1.82, 2.24) is 0 Å². The van der Waals surface area contributed by atoms with Crippen LogP contribution < -0.4 is 19.6 Å². The molecule has 0 N–H and O–H groups in total. The van der Waals surface area contributed by atoms with E-state index in [4.69, 9.17) is 0 Å². The van der Waals surface area contributed by atoms with E-state index in [-0.39, 0.29) is 0 Å². The topological polar surface area (TPSA) is 13.0 Å². The standard InChI is InChI=1S/C140H90N4/c1-7-42-91(43-8-1)94-47-40-58-101(85-94)141(103-80-82-119-121(87-103)107-62-19-23-70-115(107)135-133-117-72-25-21-68-113(117)131(142(97-50-11-3-12-51-97)98-52-13-4-14-53-98)89-127(133)139(137(119)135)123-74-33-27-64-109(123)110-65-28-34-75-124(110)139)102-59-41-48-95(86-102)93-46-39-49-96(84-93)106-61-32-38-79-130(106)144(100-56-17-6-18-57-100)132-90-128-134(118-73-26-22-69-114(118)132)136-116-71-24-20-63-108(116)122-88-104(143(99-54-15-5-16-55-99)129-78-37-31-60-105(129)92-44-9-2-10-45-92)81-83-120(122)138(136)140(128)125-76-35-29-66-111(125)112-67-30-36-77-126(112)140/h1-90H. The van der Waals surface area contributed by atoms with Gasteiger partial charge in [0, 0.05) is 67.4 Å². The summed E-state index contributed by atoms with van der Waals surface area (Å²) in [5.41, 5.74) is 40.7. The van der Waals surface area contributed by atoms with Gasteiger partial charge in [-0.05, 0) is 304 Å². The minimum absolute atomic E-state index is 0.750. The van der Waals surface area contributed by atoms with Gasteiger partial charge < -0.3 is 19.6 Å². The molecular weight excluding hydrogens is 1740 g/mol. The molecule has 0 aliphatic heterocycles. The van der Waals surface area contributed by atoms with E-state index in [0.29, 0.717) is 0 Å². The lowest BCUT2D eigenvalue weighted by atomic mass is 9.69. The van der Waals surface area contributed by atoms with Crippen molar-refractivity contribution >= 4 is 133 Å². The lowest BCUT2D eigenvalue weighted by molar-refractivity contribution is 0.802. The lowest BCUT2D eigenvalue weighted by Gasteiger charge is -2.34. The Morgan fingerprint density at radius 3 is 0.819 bits per heavy atom. The smallest absolute Gasteiger partial charge is 0.0732 e. The van der Waals surface area contributed by atoms with Gasteiger partial charge in [0.2, 0.25) is 0 Å². The van der Waals surface area contributed by atoms with Crippen molar-refractivity contribution in [3.05, 3.63) is 590 Å². The van der Waals surface area contributed by atoms with Crippen molar-refractivity contribution in [3.8, 4) is 89.0 Å².